The van der Waals surface area contributed by atoms with Crippen LogP contribution in [0.1, 0.15) is 31.0 Å². The van der Waals surface area contributed by atoms with Crippen LogP contribution in [0.15, 0.2) is 53.0 Å². The highest BCUT2D eigenvalue weighted by Gasteiger charge is 2.20. The second-order valence-electron chi connectivity index (χ2n) is 5.61. The van der Waals surface area contributed by atoms with Crippen molar-refractivity contribution in [3.05, 3.63) is 64.1 Å². The monoisotopic (exact) mass is 434 g/mol. The van der Waals surface area contributed by atoms with Gasteiger partial charge in [0.1, 0.15) is 0 Å². The number of carbonyl (C=O) groups is 2. The lowest BCUT2D eigenvalue weighted by molar-refractivity contribution is -0.142. The number of carbonyl (C=O) groups excluding carboxylic acids is 2. The Labute approximate surface area is 167 Å². The number of rotatable bonds is 8. The van der Waals surface area contributed by atoms with Gasteiger partial charge >= 0.3 is 12.1 Å². The van der Waals surface area contributed by atoms with E-state index in [1.807, 2.05) is 42.5 Å². The Balaban J connectivity index is 2.37. The summed E-state index contributed by atoms with van der Waals surface area (Å²) in [6, 6.07) is 14.9. The summed E-state index contributed by atoms with van der Waals surface area (Å²) in [6.45, 7) is 4.15. The molecule has 0 fully saturated rings. The second kappa shape index (κ2) is 10.7. The minimum Gasteiger partial charge on any atom is -0.465 e. The maximum Gasteiger partial charge on any atom is 0.411 e. The van der Waals surface area contributed by atoms with Crippen molar-refractivity contribution in [1.82, 2.24) is 5.32 Å². The summed E-state index contributed by atoms with van der Waals surface area (Å²) in [6.07, 6.45) is -0.529. The van der Waals surface area contributed by atoms with Gasteiger partial charge < -0.3 is 9.47 Å². The molecule has 0 saturated heterocycles. The molecule has 2 aromatic rings. The summed E-state index contributed by atoms with van der Waals surface area (Å²) in [4.78, 5) is 23.8. The number of halogens is 1. The fraction of sp³-hybridized carbons (Fsp3) is 0.300. The Morgan fingerprint density at radius 1 is 1.04 bits per heavy atom. The van der Waals surface area contributed by atoms with E-state index in [0.29, 0.717) is 12.3 Å². The van der Waals surface area contributed by atoms with Gasteiger partial charge in [0, 0.05) is 10.2 Å². The predicted molar refractivity (Wildman–Crippen MR) is 108 cm³/mol. The normalized spacial score (nSPS) is 11.5. The average molecular weight is 435 g/mol. The highest BCUT2D eigenvalue weighted by Crippen LogP contribution is 2.31. The number of hydrogen-bond donors (Lipinski definition) is 2. The number of hydrogen-bond acceptors (Lipinski definition) is 5. The molecule has 0 aliphatic rings. The van der Waals surface area contributed by atoms with Gasteiger partial charge in [0.05, 0.1) is 25.8 Å². The zero-order valence-electron chi connectivity index (χ0n) is 15.3. The quantitative estimate of drug-likeness (QED) is 0.606. The second-order valence-corrected chi connectivity index (χ2v) is 6.52. The minimum absolute atomic E-state index is 0.0404. The van der Waals surface area contributed by atoms with E-state index in [1.54, 1.807) is 19.9 Å². The SMILES string of the molecule is CCOC(=O)CN[C@H](c1ccccc1)c1cc(Br)ccc1NC(=O)OCC. The summed E-state index contributed by atoms with van der Waals surface area (Å²) in [7, 11) is 0. The third-order valence-electron chi connectivity index (χ3n) is 3.73. The molecule has 2 rings (SSSR count). The van der Waals surface area contributed by atoms with Gasteiger partial charge in [0.25, 0.3) is 0 Å². The summed E-state index contributed by atoms with van der Waals surface area (Å²) in [5, 5.41) is 5.99. The lowest BCUT2D eigenvalue weighted by Crippen LogP contribution is -2.30. The zero-order chi connectivity index (χ0) is 19.6. The lowest BCUT2D eigenvalue weighted by Gasteiger charge is -2.23. The number of benzene rings is 2. The number of anilines is 1. The van der Waals surface area contributed by atoms with E-state index < -0.39 is 6.09 Å². The first-order valence-corrected chi connectivity index (χ1v) is 9.51. The molecule has 0 aromatic heterocycles. The Morgan fingerprint density at radius 2 is 1.74 bits per heavy atom. The van der Waals surface area contributed by atoms with Gasteiger partial charge in [-0.1, -0.05) is 46.3 Å². The van der Waals surface area contributed by atoms with Gasteiger partial charge in [0.2, 0.25) is 0 Å². The maximum atomic E-state index is 11.9. The Hall–Kier alpha value is -2.38. The summed E-state index contributed by atoms with van der Waals surface area (Å²) in [5.74, 6) is -0.340. The van der Waals surface area contributed by atoms with Gasteiger partial charge in [-0.3, -0.25) is 15.4 Å². The van der Waals surface area contributed by atoms with Crippen LogP contribution in [0.3, 0.4) is 0 Å². The molecule has 7 heteroatoms. The molecule has 144 valence electrons. The zero-order valence-corrected chi connectivity index (χ0v) is 16.9. The smallest absolute Gasteiger partial charge is 0.411 e. The van der Waals surface area contributed by atoms with Crippen molar-refractivity contribution in [1.29, 1.82) is 0 Å². The first kappa shape index (κ1) is 20.9. The largest absolute Gasteiger partial charge is 0.465 e. The lowest BCUT2D eigenvalue weighted by atomic mass is 9.97. The molecule has 0 aliphatic carbocycles. The third kappa shape index (κ3) is 6.37. The van der Waals surface area contributed by atoms with Crippen molar-refractivity contribution in [3.8, 4) is 0 Å². The van der Waals surface area contributed by atoms with Crippen LogP contribution in [0.25, 0.3) is 0 Å². The van der Waals surface area contributed by atoms with Crippen LogP contribution in [-0.4, -0.2) is 31.8 Å². The van der Waals surface area contributed by atoms with Crippen LogP contribution in [0.2, 0.25) is 0 Å². The van der Waals surface area contributed by atoms with Crippen molar-refractivity contribution >= 4 is 33.7 Å². The standard InChI is InChI=1S/C20H23BrN2O4/c1-3-26-18(24)13-22-19(14-8-6-5-7-9-14)16-12-15(21)10-11-17(16)23-20(25)27-4-2/h5-12,19,22H,3-4,13H2,1-2H3,(H,23,25)/t19-/m1/s1. The van der Waals surface area contributed by atoms with E-state index in [-0.39, 0.29) is 25.2 Å². The molecule has 0 bridgehead atoms. The van der Waals surface area contributed by atoms with Crippen LogP contribution in [0.5, 0.6) is 0 Å². The first-order chi connectivity index (χ1) is 13.0. The van der Waals surface area contributed by atoms with E-state index >= 15 is 0 Å². The van der Waals surface area contributed by atoms with Crippen LogP contribution in [0, 0.1) is 0 Å². The number of ether oxygens (including phenoxy) is 2. The Kier molecular flexibility index (Phi) is 8.29. The topological polar surface area (TPSA) is 76.7 Å². The molecule has 2 aromatic carbocycles. The minimum atomic E-state index is -0.529. The molecule has 1 amide bonds. The molecule has 0 saturated carbocycles. The molecule has 0 unspecified atom stereocenters. The summed E-state index contributed by atoms with van der Waals surface area (Å²) < 4.78 is 10.9. The van der Waals surface area contributed by atoms with Crippen LogP contribution < -0.4 is 10.6 Å². The Morgan fingerprint density at radius 3 is 2.41 bits per heavy atom. The number of esters is 1. The van der Waals surface area contributed by atoms with E-state index in [2.05, 4.69) is 26.6 Å². The Bertz CT molecular complexity index is 768. The predicted octanol–water partition coefficient (Wildman–Crippen LogP) is 4.26. The van der Waals surface area contributed by atoms with E-state index in [1.165, 1.54) is 0 Å². The number of amides is 1. The van der Waals surface area contributed by atoms with E-state index in [4.69, 9.17) is 9.47 Å². The van der Waals surface area contributed by atoms with Crippen LogP contribution in [-0.2, 0) is 14.3 Å². The average Bonchev–Trinajstić information content (AvgIpc) is 2.65. The van der Waals surface area contributed by atoms with Crippen molar-refractivity contribution in [2.75, 3.05) is 25.1 Å². The molecular weight excluding hydrogens is 412 g/mol. The van der Waals surface area contributed by atoms with Gasteiger partial charge in [-0.05, 0) is 43.2 Å². The molecular formula is C20H23BrN2O4. The van der Waals surface area contributed by atoms with Gasteiger partial charge in [-0.2, -0.15) is 0 Å². The maximum absolute atomic E-state index is 11.9. The molecule has 1 atom stereocenters. The molecule has 6 nitrogen and oxygen atoms in total. The van der Waals surface area contributed by atoms with Crippen LogP contribution in [0.4, 0.5) is 10.5 Å². The fourth-order valence-electron chi connectivity index (χ4n) is 2.61. The molecule has 2 N–H and O–H groups in total. The van der Waals surface area contributed by atoms with Crippen molar-refractivity contribution in [3.63, 3.8) is 0 Å². The molecule has 0 aliphatic heterocycles. The van der Waals surface area contributed by atoms with Crippen molar-refractivity contribution < 1.29 is 19.1 Å². The van der Waals surface area contributed by atoms with Crippen LogP contribution >= 0.6 is 15.9 Å². The highest BCUT2D eigenvalue weighted by atomic mass is 79.9. The molecule has 0 spiro atoms. The van der Waals surface area contributed by atoms with E-state index in [0.717, 1.165) is 15.6 Å². The van der Waals surface area contributed by atoms with Crippen molar-refractivity contribution in [2.45, 2.75) is 19.9 Å². The molecule has 0 heterocycles. The number of nitrogens with one attached hydrogen (secondary N) is 2. The first-order valence-electron chi connectivity index (χ1n) is 8.72. The highest BCUT2D eigenvalue weighted by molar-refractivity contribution is 9.10. The summed E-state index contributed by atoms with van der Waals surface area (Å²) in [5.41, 5.74) is 2.35. The fourth-order valence-corrected chi connectivity index (χ4v) is 2.99. The molecule has 0 radical (unpaired) electrons. The summed E-state index contributed by atoms with van der Waals surface area (Å²) >= 11 is 3.48. The van der Waals surface area contributed by atoms with Crippen molar-refractivity contribution in [2.24, 2.45) is 0 Å². The van der Waals surface area contributed by atoms with Gasteiger partial charge in [-0.25, -0.2) is 4.79 Å². The van der Waals surface area contributed by atoms with Gasteiger partial charge in [-0.15, -0.1) is 0 Å². The van der Waals surface area contributed by atoms with Gasteiger partial charge in [0.15, 0.2) is 0 Å². The molecule has 27 heavy (non-hydrogen) atoms. The third-order valence-corrected chi connectivity index (χ3v) is 4.22. The van der Waals surface area contributed by atoms with E-state index in [9.17, 15) is 9.59 Å².